The summed E-state index contributed by atoms with van der Waals surface area (Å²) in [6.45, 7) is 3.57. The van der Waals surface area contributed by atoms with E-state index in [0.717, 1.165) is 12.8 Å². The van der Waals surface area contributed by atoms with Crippen LogP contribution >= 0.6 is 24.0 Å². The van der Waals surface area contributed by atoms with Crippen LogP contribution in [0.2, 0.25) is 0 Å². The minimum Gasteiger partial charge on any atom is -0.343 e. The number of nitriles is 1. The van der Waals surface area contributed by atoms with Crippen LogP contribution in [0.3, 0.4) is 0 Å². The molecule has 0 aliphatic rings. The van der Waals surface area contributed by atoms with Gasteiger partial charge in [-0.15, -0.1) is 24.0 Å². The Balaban J connectivity index is -0.000000125. The molecule has 0 N–H and O–H groups in total. The summed E-state index contributed by atoms with van der Waals surface area (Å²) in [7, 11) is 0. The van der Waals surface area contributed by atoms with Crippen molar-refractivity contribution in [2.45, 2.75) is 19.3 Å². The standard InChI is InChI=1S/C5H8N.HI.Zn/c1-2-3-4-5-6;;/h1-4H2;1H;/q-1;;. The van der Waals surface area contributed by atoms with Crippen LogP contribution < -0.4 is 0 Å². The number of unbranched alkanes of at least 4 members (excludes halogenated alkanes) is 2. The van der Waals surface area contributed by atoms with E-state index in [1.54, 1.807) is 0 Å². The van der Waals surface area contributed by atoms with Crippen LogP contribution in [0, 0.1) is 18.3 Å². The summed E-state index contributed by atoms with van der Waals surface area (Å²) in [5.41, 5.74) is 0. The van der Waals surface area contributed by atoms with Gasteiger partial charge < -0.3 is 6.92 Å². The molecule has 3 heteroatoms. The molecule has 8 heavy (non-hydrogen) atoms. The van der Waals surface area contributed by atoms with E-state index < -0.39 is 0 Å². The van der Waals surface area contributed by atoms with Crippen molar-refractivity contribution in [3.63, 3.8) is 0 Å². The summed E-state index contributed by atoms with van der Waals surface area (Å²) >= 11 is 0. The van der Waals surface area contributed by atoms with Crippen LogP contribution in [0.1, 0.15) is 19.3 Å². The van der Waals surface area contributed by atoms with Gasteiger partial charge in [-0.2, -0.15) is 11.7 Å². The minimum atomic E-state index is 0. The largest absolute Gasteiger partial charge is 0.343 e. The molecule has 0 aromatic carbocycles. The van der Waals surface area contributed by atoms with Gasteiger partial charge in [0.25, 0.3) is 0 Å². The molecule has 0 amide bonds. The summed E-state index contributed by atoms with van der Waals surface area (Å²) in [5, 5.41) is 7.92. The Labute approximate surface area is 80.6 Å². The summed E-state index contributed by atoms with van der Waals surface area (Å²) in [6, 6.07) is 2.03. The second kappa shape index (κ2) is 15.7. The van der Waals surface area contributed by atoms with E-state index in [0.29, 0.717) is 6.42 Å². The Hall–Kier alpha value is 0.843. The van der Waals surface area contributed by atoms with Gasteiger partial charge in [0.05, 0.1) is 6.07 Å². The first kappa shape index (κ1) is 15.9. The Bertz CT molecular complexity index is 59.9. The Kier molecular flexibility index (Phi) is 31.2. The third-order valence-corrected chi connectivity index (χ3v) is 0.539. The summed E-state index contributed by atoms with van der Waals surface area (Å²) in [5.74, 6) is 0. The fourth-order valence-electron chi connectivity index (χ4n) is 0.204. The number of halogens is 1. The molecule has 0 bridgehead atoms. The zero-order chi connectivity index (χ0) is 4.83. The molecule has 0 heterocycles. The first-order valence-electron chi connectivity index (χ1n) is 2.08. The SMILES string of the molecule is I.[CH2-]CCCC#N.[Zn]. The zero-order valence-corrected chi connectivity index (χ0v) is 10.2. The first-order valence-corrected chi connectivity index (χ1v) is 2.08. The van der Waals surface area contributed by atoms with E-state index in [9.17, 15) is 0 Å². The molecule has 0 aliphatic heterocycles. The number of hydrogen-bond acceptors (Lipinski definition) is 1. The third-order valence-electron chi connectivity index (χ3n) is 0.539. The Morgan fingerprint density at radius 3 is 2.12 bits per heavy atom. The van der Waals surface area contributed by atoms with Crippen LogP contribution in [0.25, 0.3) is 0 Å². The number of nitrogens with zero attached hydrogens (tertiary/aromatic N) is 1. The molecule has 0 saturated carbocycles. The van der Waals surface area contributed by atoms with Crippen molar-refractivity contribution in [2.24, 2.45) is 0 Å². The van der Waals surface area contributed by atoms with Crippen LogP contribution in [-0.4, -0.2) is 0 Å². The second-order valence-corrected chi connectivity index (χ2v) is 1.12. The molecule has 1 nitrogen and oxygen atoms in total. The van der Waals surface area contributed by atoms with Gasteiger partial charge in [0, 0.05) is 25.9 Å². The maximum Gasteiger partial charge on any atom is 0.0620 e. The number of rotatable bonds is 2. The maximum absolute atomic E-state index is 7.92. The van der Waals surface area contributed by atoms with Gasteiger partial charge in [-0.25, -0.2) is 0 Å². The van der Waals surface area contributed by atoms with Gasteiger partial charge in [-0.05, 0) is 0 Å². The smallest absolute Gasteiger partial charge is 0.0620 e. The van der Waals surface area contributed by atoms with Crippen LogP contribution in [0.4, 0.5) is 0 Å². The van der Waals surface area contributed by atoms with Crippen LogP contribution in [0.5, 0.6) is 0 Å². The van der Waals surface area contributed by atoms with Gasteiger partial charge in [0.15, 0.2) is 0 Å². The van der Waals surface area contributed by atoms with Crippen molar-refractivity contribution in [2.75, 3.05) is 0 Å². The fraction of sp³-hybridized carbons (Fsp3) is 0.600. The molecule has 0 saturated heterocycles. The molecule has 0 aliphatic carbocycles. The van der Waals surface area contributed by atoms with Crippen molar-refractivity contribution in [1.29, 1.82) is 5.26 Å². The molecule has 0 rings (SSSR count). The second-order valence-electron chi connectivity index (χ2n) is 1.12. The molecule has 0 unspecified atom stereocenters. The Morgan fingerprint density at radius 2 is 2.00 bits per heavy atom. The average Bonchev–Trinajstić information content (AvgIpc) is 1.61. The average molecular weight is 275 g/mol. The monoisotopic (exact) mass is 274 g/mol. The van der Waals surface area contributed by atoms with Gasteiger partial charge in [0.2, 0.25) is 0 Å². The topological polar surface area (TPSA) is 23.8 Å². The van der Waals surface area contributed by atoms with Gasteiger partial charge in [-0.3, -0.25) is 0 Å². The quantitative estimate of drug-likeness (QED) is 0.328. The molecular weight excluding hydrogens is 266 g/mol. The Morgan fingerprint density at radius 1 is 1.50 bits per heavy atom. The van der Waals surface area contributed by atoms with E-state index in [2.05, 4.69) is 6.92 Å². The van der Waals surface area contributed by atoms with Crippen molar-refractivity contribution >= 4 is 24.0 Å². The van der Waals surface area contributed by atoms with Crippen LogP contribution in [0.15, 0.2) is 0 Å². The third kappa shape index (κ3) is 15.8. The van der Waals surface area contributed by atoms with E-state index in [-0.39, 0.29) is 43.5 Å². The minimum absolute atomic E-state index is 0. The van der Waals surface area contributed by atoms with Crippen molar-refractivity contribution in [1.82, 2.24) is 0 Å². The van der Waals surface area contributed by atoms with Gasteiger partial charge in [-0.1, -0.05) is 6.42 Å². The van der Waals surface area contributed by atoms with Gasteiger partial charge >= 0.3 is 0 Å². The molecule has 0 fully saturated rings. The molecule has 0 radical (unpaired) electrons. The number of hydrogen-bond donors (Lipinski definition) is 0. The maximum atomic E-state index is 7.92. The summed E-state index contributed by atoms with van der Waals surface area (Å²) < 4.78 is 0. The van der Waals surface area contributed by atoms with Crippen molar-refractivity contribution < 1.29 is 19.5 Å². The molecule has 0 atom stereocenters. The molecule has 44 valence electrons. The predicted octanol–water partition coefficient (Wildman–Crippen LogP) is 2.13. The zero-order valence-electron chi connectivity index (χ0n) is 4.89. The van der Waals surface area contributed by atoms with E-state index in [4.69, 9.17) is 5.26 Å². The van der Waals surface area contributed by atoms with E-state index in [1.165, 1.54) is 0 Å². The summed E-state index contributed by atoms with van der Waals surface area (Å²) in [4.78, 5) is 0. The molecule has 0 aromatic rings. The molecular formula is C5H9INZn-. The van der Waals surface area contributed by atoms with Gasteiger partial charge in [0.1, 0.15) is 0 Å². The van der Waals surface area contributed by atoms with Crippen molar-refractivity contribution in [3.05, 3.63) is 6.92 Å². The molecule has 0 aromatic heterocycles. The summed E-state index contributed by atoms with van der Waals surface area (Å²) in [6.07, 6.45) is 2.48. The fourth-order valence-corrected chi connectivity index (χ4v) is 0.204. The van der Waals surface area contributed by atoms with Crippen molar-refractivity contribution in [3.8, 4) is 6.07 Å². The van der Waals surface area contributed by atoms with Crippen LogP contribution in [-0.2, 0) is 19.5 Å². The van der Waals surface area contributed by atoms with E-state index >= 15 is 0 Å². The molecule has 0 spiro atoms. The first-order chi connectivity index (χ1) is 2.91. The predicted molar refractivity (Wildman–Crippen MR) is 40.2 cm³/mol. The normalized spacial score (nSPS) is 5.50. The van der Waals surface area contributed by atoms with E-state index in [1.807, 2.05) is 6.07 Å².